The molecule has 1 fully saturated rings. The summed E-state index contributed by atoms with van der Waals surface area (Å²) in [5.41, 5.74) is -0.600. The lowest BCUT2D eigenvalue weighted by Crippen LogP contribution is -2.49. The molecule has 0 aromatic heterocycles. The Morgan fingerprint density at radius 2 is 1.95 bits per heavy atom. The van der Waals surface area contributed by atoms with Crippen LogP contribution in [0.3, 0.4) is 0 Å². The highest BCUT2D eigenvalue weighted by molar-refractivity contribution is 5.75. The average Bonchev–Trinajstić information content (AvgIpc) is 2.27. The predicted molar refractivity (Wildman–Crippen MR) is 68.3 cm³/mol. The van der Waals surface area contributed by atoms with Gasteiger partial charge in [0.25, 0.3) is 0 Å². The topological polar surface area (TPSA) is 65.1 Å². The number of nitrogens with zero attached hydrogens (tertiary/aromatic N) is 1. The molecule has 1 amide bonds. The maximum absolute atomic E-state index is 12.0. The predicted octanol–water partition coefficient (Wildman–Crippen LogP) is 2.27. The Hall–Kier alpha value is -1.30. The summed E-state index contributed by atoms with van der Waals surface area (Å²) in [6.45, 7) is 9.22. The number of carbonyl (C=O) groups is 2. The molecule has 2 atom stereocenters. The quantitative estimate of drug-likeness (QED) is 0.722. The Kier molecular flexibility index (Phi) is 5.17. The van der Waals surface area contributed by atoms with E-state index in [1.165, 1.54) is 0 Å². The van der Waals surface area contributed by atoms with Crippen molar-refractivity contribution in [3.63, 3.8) is 0 Å². The summed E-state index contributed by atoms with van der Waals surface area (Å²) in [7, 11) is 0. The normalized spacial score (nSPS) is 23.9. The Bertz CT molecular complexity index is 336. The van der Waals surface area contributed by atoms with Gasteiger partial charge in [0, 0.05) is 0 Å². The molecule has 0 bridgehead atoms. The van der Waals surface area contributed by atoms with Gasteiger partial charge < -0.3 is 9.47 Å². The maximum Gasteiger partial charge on any atom is 0.434 e. The lowest BCUT2D eigenvalue weighted by molar-refractivity contribution is -0.232. The van der Waals surface area contributed by atoms with E-state index < -0.39 is 23.8 Å². The minimum Gasteiger partial charge on any atom is -0.464 e. The number of esters is 1. The highest BCUT2D eigenvalue weighted by Crippen LogP contribution is 2.23. The molecule has 0 saturated carbocycles. The smallest absolute Gasteiger partial charge is 0.434 e. The summed E-state index contributed by atoms with van der Waals surface area (Å²) in [6, 6.07) is -0.125. The van der Waals surface area contributed by atoms with Crippen molar-refractivity contribution in [2.45, 2.75) is 65.2 Å². The number of ether oxygens (including phenoxy) is 2. The summed E-state index contributed by atoms with van der Waals surface area (Å²) in [5.74, 6) is -0.442. The SMILES string of the molecule is CCOC(=O)[C@@H]1CC[C@H](C)N(C(=O)OC(C)(C)C)O1. The molecular formula is C13H23NO5. The van der Waals surface area contributed by atoms with Crippen LogP contribution in [0, 0.1) is 0 Å². The van der Waals surface area contributed by atoms with Crippen molar-refractivity contribution in [3.8, 4) is 0 Å². The van der Waals surface area contributed by atoms with Crippen molar-refractivity contribution in [1.29, 1.82) is 0 Å². The summed E-state index contributed by atoms with van der Waals surface area (Å²) < 4.78 is 10.1. The maximum atomic E-state index is 12.0. The second kappa shape index (κ2) is 6.23. The van der Waals surface area contributed by atoms with E-state index in [2.05, 4.69) is 0 Å². The van der Waals surface area contributed by atoms with Crippen LogP contribution in [-0.2, 0) is 19.1 Å². The first-order valence-electron chi connectivity index (χ1n) is 6.60. The van der Waals surface area contributed by atoms with Crippen LogP contribution in [0.2, 0.25) is 0 Å². The fourth-order valence-corrected chi connectivity index (χ4v) is 1.73. The van der Waals surface area contributed by atoms with Crippen molar-refractivity contribution in [1.82, 2.24) is 5.06 Å². The lowest BCUT2D eigenvalue weighted by atomic mass is 10.1. The lowest BCUT2D eigenvalue weighted by Gasteiger charge is -2.36. The Balaban J connectivity index is 2.65. The van der Waals surface area contributed by atoms with E-state index in [0.717, 1.165) is 5.06 Å². The molecule has 19 heavy (non-hydrogen) atoms. The zero-order valence-electron chi connectivity index (χ0n) is 12.3. The molecular weight excluding hydrogens is 250 g/mol. The molecule has 6 heteroatoms. The van der Waals surface area contributed by atoms with Crippen LogP contribution >= 0.6 is 0 Å². The second-order valence-electron chi connectivity index (χ2n) is 5.58. The number of rotatable bonds is 2. The van der Waals surface area contributed by atoms with Crippen molar-refractivity contribution < 1.29 is 23.9 Å². The van der Waals surface area contributed by atoms with Gasteiger partial charge in [-0.1, -0.05) is 0 Å². The zero-order valence-corrected chi connectivity index (χ0v) is 12.3. The number of hydroxylamine groups is 2. The van der Waals surface area contributed by atoms with Crippen LogP contribution < -0.4 is 0 Å². The van der Waals surface area contributed by atoms with E-state index >= 15 is 0 Å². The van der Waals surface area contributed by atoms with Gasteiger partial charge in [-0.25, -0.2) is 9.59 Å². The van der Waals surface area contributed by atoms with Gasteiger partial charge in [-0.3, -0.25) is 4.84 Å². The van der Waals surface area contributed by atoms with Gasteiger partial charge in [0.2, 0.25) is 0 Å². The van der Waals surface area contributed by atoms with Gasteiger partial charge in [0.05, 0.1) is 12.6 Å². The molecule has 0 aliphatic carbocycles. The second-order valence-corrected chi connectivity index (χ2v) is 5.58. The molecule has 1 heterocycles. The van der Waals surface area contributed by atoms with Gasteiger partial charge in [-0.2, -0.15) is 5.06 Å². The molecule has 0 radical (unpaired) electrons. The molecule has 1 aliphatic rings. The van der Waals surface area contributed by atoms with Gasteiger partial charge in [-0.15, -0.1) is 0 Å². The molecule has 0 spiro atoms. The third kappa shape index (κ3) is 4.70. The molecule has 6 nitrogen and oxygen atoms in total. The first-order valence-corrected chi connectivity index (χ1v) is 6.60. The minimum absolute atomic E-state index is 0.125. The van der Waals surface area contributed by atoms with Crippen molar-refractivity contribution >= 4 is 12.1 Å². The summed E-state index contributed by atoms with van der Waals surface area (Å²) in [5, 5.41) is 1.14. The molecule has 1 rings (SSSR count). The van der Waals surface area contributed by atoms with E-state index in [0.29, 0.717) is 19.4 Å². The van der Waals surface area contributed by atoms with Crippen molar-refractivity contribution in [3.05, 3.63) is 0 Å². The van der Waals surface area contributed by atoms with E-state index in [1.807, 2.05) is 6.92 Å². The van der Waals surface area contributed by atoms with E-state index in [1.54, 1.807) is 27.7 Å². The number of amides is 1. The number of hydrogen-bond acceptors (Lipinski definition) is 5. The van der Waals surface area contributed by atoms with Crippen LogP contribution in [0.5, 0.6) is 0 Å². The van der Waals surface area contributed by atoms with E-state index in [4.69, 9.17) is 14.3 Å². The Labute approximate surface area is 113 Å². The largest absolute Gasteiger partial charge is 0.464 e. The van der Waals surface area contributed by atoms with Crippen molar-refractivity contribution in [2.75, 3.05) is 6.61 Å². The number of hydrogen-bond donors (Lipinski definition) is 0. The van der Waals surface area contributed by atoms with E-state index in [9.17, 15) is 9.59 Å². The summed E-state index contributed by atoms with van der Waals surface area (Å²) >= 11 is 0. The summed E-state index contributed by atoms with van der Waals surface area (Å²) in [6.07, 6.45) is -0.0974. The van der Waals surface area contributed by atoms with Crippen LogP contribution in [0.1, 0.15) is 47.5 Å². The van der Waals surface area contributed by atoms with Gasteiger partial charge in [0.15, 0.2) is 6.10 Å². The van der Waals surface area contributed by atoms with Crippen LogP contribution in [0.15, 0.2) is 0 Å². The molecule has 110 valence electrons. The molecule has 0 N–H and O–H groups in total. The van der Waals surface area contributed by atoms with E-state index in [-0.39, 0.29) is 6.04 Å². The van der Waals surface area contributed by atoms with Crippen LogP contribution in [-0.4, -0.2) is 41.5 Å². The van der Waals surface area contributed by atoms with Gasteiger partial charge in [0.1, 0.15) is 5.60 Å². The molecule has 0 aromatic carbocycles. The monoisotopic (exact) mass is 273 g/mol. The molecule has 1 aliphatic heterocycles. The number of carbonyl (C=O) groups excluding carboxylic acids is 2. The third-order valence-electron chi connectivity index (χ3n) is 2.61. The van der Waals surface area contributed by atoms with Crippen LogP contribution in [0.25, 0.3) is 0 Å². The summed E-state index contributed by atoms with van der Waals surface area (Å²) in [4.78, 5) is 29.0. The van der Waals surface area contributed by atoms with Gasteiger partial charge >= 0.3 is 12.1 Å². The molecule has 0 unspecified atom stereocenters. The first-order chi connectivity index (χ1) is 8.74. The fourth-order valence-electron chi connectivity index (χ4n) is 1.73. The van der Waals surface area contributed by atoms with Crippen LogP contribution in [0.4, 0.5) is 4.79 Å². The standard InChI is InChI=1S/C13H23NO5/c1-6-17-11(15)10-8-7-9(2)14(19-10)12(16)18-13(3,4)5/h9-10H,6-8H2,1-5H3/t9-,10-/m0/s1. The molecule has 0 aromatic rings. The molecule has 1 saturated heterocycles. The average molecular weight is 273 g/mol. The third-order valence-corrected chi connectivity index (χ3v) is 2.61. The minimum atomic E-state index is -0.733. The zero-order chi connectivity index (χ0) is 14.6. The van der Waals surface area contributed by atoms with Crippen molar-refractivity contribution in [2.24, 2.45) is 0 Å². The fraction of sp³-hybridized carbons (Fsp3) is 0.846. The highest BCUT2D eigenvalue weighted by atomic mass is 16.7. The van der Waals surface area contributed by atoms with Gasteiger partial charge in [-0.05, 0) is 47.5 Å². The first kappa shape index (κ1) is 15.8. The Morgan fingerprint density at radius 1 is 1.32 bits per heavy atom. The highest BCUT2D eigenvalue weighted by Gasteiger charge is 2.37. The Morgan fingerprint density at radius 3 is 2.47 bits per heavy atom.